The summed E-state index contributed by atoms with van der Waals surface area (Å²) in [6.07, 6.45) is 0. The van der Waals surface area contributed by atoms with Gasteiger partial charge in [-0.1, -0.05) is 132 Å². The summed E-state index contributed by atoms with van der Waals surface area (Å²) in [5.74, 6) is 0.394. The third kappa shape index (κ3) is 4.48. The SMILES string of the molecule is Cc1ccc(O)c(C2(c3cc(C)ccc3O)c3ccc(-c4ccc5ccccc5c4)cc3-c3cc(-c4ccc5ccccc5c4)ccc32)c1. The van der Waals surface area contributed by atoms with Crippen molar-refractivity contribution in [1.29, 1.82) is 0 Å². The summed E-state index contributed by atoms with van der Waals surface area (Å²) in [7, 11) is 0. The van der Waals surface area contributed by atoms with Crippen LogP contribution in [0, 0.1) is 13.8 Å². The van der Waals surface area contributed by atoms with Crippen molar-refractivity contribution < 1.29 is 10.2 Å². The van der Waals surface area contributed by atoms with Crippen LogP contribution in [0.4, 0.5) is 0 Å². The fourth-order valence-electron chi connectivity index (χ4n) is 8.06. The van der Waals surface area contributed by atoms with Crippen LogP contribution in [0.15, 0.2) is 158 Å². The Labute approximate surface area is 286 Å². The summed E-state index contributed by atoms with van der Waals surface area (Å²) in [5, 5.41) is 28.3. The molecule has 0 radical (unpaired) electrons. The van der Waals surface area contributed by atoms with Gasteiger partial charge in [-0.2, -0.15) is 0 Å². The molecule has 0 aromatic heterocycles. The number of phenolic OH excluding ortho intramolecular Hbond substituents is 2. The molecule has 0 unspecified atom stereocenters. The van der Waals surface area contributed by atoms with Gasteiger partial charge in [0, 0.05) is 11.1 Å². The summed E-state index contributed by atoms with van der Waals surface area (Å²) < 4.78 is 0. The van der Waals surface area contributed by atoms with Gasteiger partial charge in [0.2, 0.25) is 0 Å². The highest BCUT2D eigenvalue weighted by Gasteiger charge is 2.49. The van der Waals surface area contributed by atoms with E-state index in [2.05, 4.69) is 147 Å². The van der Waals surface area contributed by atoms with Crippen molar-refractivity contribution in [1.82, 2.24) is 0 Å². The molecule has 2 nitrogen and oxygen atoms in total. The fraction of sp³-hybridized carbons (Fsp3) is 0.0638. The zero-order valence-electron chi connectivity index (χ0n) is 27.4. The normalized spacial score (nSPS) is 13.0. The molecular formula is C47H34O2. The first-order chi connectivity index (χ1) is 23.9. The van der Waals surface area contributed by atoms with E-state index in [1.165, 1.54) is 21.5 Å². The molecule has 0 fully saturated rings. The van der Waals surface area contributed by atoms with Crippen molar-refractivity contribution in [2.45, 2.75) is 19.3 Å². The van der Waals surface area contributed by atoms with Crippen molar-refractivity contribution in [3.63, 3.8) is 0 Å². The first kappa shape index (κ1) is 29.1. The average Bonchev–Trinajstić information content (AvgIpc) is 3.42. The summed E-state index contributed by atoms with van der Waals surface area (Å²) in [6, 6.07) is 55.1. The minimum Gasteiger partial charge on any atom is -0.508 e. The lowest BCUT2D eigenvalue weighted by molar-refractivity contribution is 0.448. The van der Waals surface area contributed by atoms with Crippen molar-refractivity contribution in [3.05, 3.63) is 191 Å². The molecule has 0 amide bonds. The second kappa shape index (κ2) is 11.0. The van der Waals surface area contributed by atoms with E-state index in [-0.39, 0.29) is 11.5 Å². The van der Waals surface area contributed by atoms with Gasteiger partial charge in [-0.15, -0.1) is 0 Å². The van der Waals surface area contributed by atoms with Gasteiger partial charge in [0.05, 0.1) is 5.41 Å². The highest BCUT2D eigenvalue weighted by molar-refractivity contribution is 5.94. The summed E-state index contributed by atoms with van der Waals surface area (Å²) in [5.41, 5.74) is 11.4. The van der Waals surface area contributed by atoms with Crippen molar-refractivity contribution in [2.75, 3.05) is 0 Å². The van der Waals surface area contributed by atoms with Crippen LogP contribution < -0.4 is 0 Å². The quantitative estimate of drug-likeness (QED) is 0.203. The molecule has 0 atom stereocenters. The number of phenols is 2. The standard InChI is InChI=1S/C47H34O2/c1-29-11-21-45(48)43(23-29)47(44-24-30(2)12-22-46(44)49)41-19-17-37(35-15-13-31-7-3-5-9-33(31)25-35)27-39(41)40-28-38(18-20-42(40)47)36-16-14-32-8-4-6-10-34(32)26-36/h3-28,48-49H,1-2H3. The Kier molecular flexibility index (Phi) is 6.50. The van der Waals surface area contributed by atoms with Gasteiger partial charge in [0.15, 0.2) is 0 Å². The van der Waals surface area contributed by atoms with Crippen LogP contribution in [-0.2, 0) is 5.41 Å². The minimum atomic E-state index is -0.958. The maximum atomic E-state index is 11.7. The summed E-state index contributed by atoms with van der Waals surface area (Å²) >= 11 is 0. The number of hydrogen-bond donors (Lipinski definition) is 2. The number of hydrogen-bond acceptors (Lipinski definition) is 2. The molecule has 2 heteroatoms. The second-order valence-corrected chi connectivity index (χ2v) is 13.4. The maximum Gasteiger partial charge on any atom is 0.120 e. The predicted molar refractivity (Wildman–Crippen MR) is 202 cm³/mol. The highest BCUT2D eigenvalue weighted by Crippen LogP contribution is 2.60. The van der Waals surface area contributed by atoms with Crippen LogP contribution >= 0.6 is 0 Å². The fourth-order valence-corrected chi connectivity index (χ4v) is 8.06. The number of rotatable bonds is 4. The molecule has 49 heavy (non-hydrogen) atoms. The largest absolute Gasteiger partial charge is 0.508 e. The van der Waals surface area contributed by atoms with E-state index in [0.717, 1.165) is 66.8 Å². The molecule has 0 saturated carbocycles. The zero-order chi connectivity index (χ0) is 33.3. The van der Waals surface area contributed by atoms with E-state index >= 15 is 0 Å². The minimum absolute atomic E-state index is 0.197. The second-order valence-electron chi connectivity index (χ2n) is 13.4. The van der Waals surface area contributed by atoms with Crippen LogP contribution in [0.2, 0.25) is 0 Å². The molecule has 9 rings (SSSR count). The molecule has 0 aliphatic heterocycles. The smallest absolute Gasteiger partial charge is 0.120 e. The van der Waals surface area contributed by atoms with Gasteiger partial charge in [-0.05, 0) is 116 Å². The molecule has 0 saturated heterocycles. The summed E-state index contributed by atoms with van der Waals surface area (Å²) in [6.45, 7) is 4.10. The van der Waals surface area contributed by atoms with Crippen molar-refractivity contribution >= 4 is 21.5 Å². The summed E-state index contributed by atoms with van der Waals surface area (Å²) in [4.78, 5) is 0. The van der Waals surface area contributed by atoms with E-state index in [9.17, 15) is 10.2 Å². The van der Waals surface area contributed by atoms with Gasteiger partial charge in [-0.3, -0.25) is 0 Å². The molecule has 0 spiro atoms. The Hall–Kier alpha value is -6.12. The molecule has 8 aromatic carbocycles. The third-order valence-electron chi connectivity index (χ3n) is 10.4. The molecule has 0 heterocycles. The van der Waals surface area contributed by atoms with E-state index in [0.29, 0.717) is 0 Å². The lowest BCUT2D eigenvalue weighted by atomic mass is 9.66. The van der Waals surface area contributed by atoms with Gasteiger partial charge in [0.25, 0.3) is 0 Å². The molecule has 8 aromatic rings. The highest BCUT2D eigenvalue weighted by atomic mass is 16.3. The number of fused-ring (bicyclic) bond motifs is 5. The predicted octanol–water partition coefficient (Wildman–Crippen LogP) is 11.7. The molecule has 0 bridgehead atoms. The van der Waals surface area contributed by atoms with Gasteiger partial charge in [0.1, 0.15) is 11.5 Å². The first-order valence-electron chi connectivity index (χ1n) is 16.8. The first-order valence-corrected chi connectivity index (χ1v) is 16.8. The Morgan fingerprint density at radius 3 is 1.18 bits per heavy atom. The van der Waals surface area contributed by atoms with E-state index in [1.54, 1.807) is 12.1 Å². The lowest BCUT2D eigenvalue weighted by Crippen LogP contribution is -2.29. The van der Waals surface area contributed by atoms with Crippen LogP contribution in [0.1, 0.15) is 33.4 Å². The Bertz CT molecular complexity index is 2430. The van der Waals surface area contributed by atoms with Gasteiger partial charge in [-0.25, -0.2) is 0 Å². The zero-order valence-corrected chi connectivity index (χ0v) is 27.4. The number of aromatic hydroxyl groups is 2. The van der Waals surface area contributed by atoms with E-state index in [1.807, 2.05) is 12.1 Å². The van der Waals surface area contributed by atoms with Crippen molar-refractivity contribution in [2.24, 2.45) is 0 Å². The molecular weight excluding hydrogens is 597 g/mol. The van der Waals surface area contributed by atoms with Crippen LogP contribution in [-0.4, -0.2) is 10.2 Å². The van der Waals surface area contributed by atoms with Crippen LogP contribution in [0.25, 0.3) is 54.9 Å². The Morgan fingerprint density at radius 2 is 0.735 bits per heavy atom. The monoisotopic (exact) mass is 630 g/mol. The molecule has 234 valence electrons. The van der Waals surface area contributed by atoms with Crippen LogP contribution in [0.3, 0.4) is 0 Å². The van der Waals surface area contributed by atoms with Gasteiger partial charge >= 0.3 is 0 Å². The third-order valence-corrected chi connectivity index (χ3v) is 10.4. The average molecular weight is 631 g/mol. The van der Waals surface area contributed by atoms with Gasteiger partial charge < -0.3 is 10.2 Å². The van der Waals surface area contributed by atoms with Crippen molar-refractivity contribution in [3.8, 4) is 44.9 Å². The number of aryl methyl sites for hydroxylation is 2. The lowest BCUT2D eigenvalue weighted by Gasteiger charge is -2.35. The van der Waals surface area contributed by atoms with E-state index < -0.39 is 5.41 Å². The maximum absolute atomic E-state index is 11.7. The molecule has 1 aliphatic rings. The number of benzene rings is 8. The molecule has 1 aliphatic carbocycles. The molecule has 2 N–H and O–H groups in total. The topological polar surface area (TPSA) is 40.5 Å². The Balaban J connectivity index is 1.37. The Morgan fingerprint density at radius 1 is 0.347 bits per heavy atom. The van der Waals surface area contributed by atoms with E-state index in [4.69, 9.17) is 0 Å². The van der Waals surface area contributed by atoms with Crippen LogP contribution in [0.5, 0.6) is 11.5 Å².